The van der Waals surface area contributed by atoms with Gasteiger partial charge in [-0.2, -0.15) is 5.10 Å². The molecule has 5 heteroatoms. The lowest BCUT2D eigenvalue weighted by Gasteiger charge is -2.18. The average molecular weight is 188 g/mol. The minimum Gasteiger partial charge on any atom is -0.367 e. The predicted octanol–water partition coefficient (Wildman–Crippen LogP) is 0.718. The lowest BCUT2D eigenvalue weighted by molar-refractivity contribution is 0.991. The molecule has 0 aliphatic carbocycles. The zero-order valence-electron chi connectivity index (χ0n) is 7.29. The molecule has 1 aliphatic heterocycles. The van der Waals surface area contributed by atoms with Gasteiger partial charge in [-0.3, -0.25) is 4.79 Å². The van der Waals surface area contributed by atoms with Gasteiger partial charge in [0.15, 0.2) is 5.82 Å². The van der Waals surface area contributed by atoms with E-state index in [1.54, 1.807) is 6.07 Å². The Balaban J connectivity index is 2.57. The van der Waals surface area contributed by atoms with Crippen LogP contribution in [0.3, 0.4) is 0 Å². The minimum absolute atomic E-state index is 0.156. The van der Waals surface area contributed by atoms with Crippen molar-refractivity contribution < 1.29 is 0 Å². The van der Waals surface area contributed by atoms with Crippen LogP contribution in [0.4, 0.5) is 11.5 Å². The Morgan fingerprint density at radius 3 is 3.14 bits per heavy atom. The Labute approximate surface area is 79.1 Å². The monoisotopic (exact) mass is 188 g/mol. The topological polar surface area (TPSA) is 69.8 Å². The molecule has 3 rings (SSSR count). The highest BCUT2D eigenvalue weighted by Gasteiger charge is 2.13. The molecule has 0 bridgehead atoms. The van der Waals surface area contributed by atoms with E-state index in [0.717, 1.165) is 16.9 Å². The van der Waals surface area contributed by atoms with Gasteiger partial charge in [-0.25, -0.2) is 5.10 Å². The van der Waals surface area contributed by atoms with Crippen LogP contribution in [0.25, 0.3) is 10.8 Å². The second-order valence-corrected chi connectivity index (χ2v) is 3.16. The van der Waals surface area contributed by atoms with Gasteiger partial charge in [0.25, 0.3) is 5.56 Å². The molecule has 2 aromatic rings. The summed E-state index contributed by atoms with van der Waals surface area (Å²) in [4.78, 5) is 11.4. The van der Waals surface area contributed by atoms with Crippen molar-refractivity contribution in [3.8, 4) is 0 Å². The standard InChI is InChI=1S/C9H8N4O/c14-9-5-2-1-3-6-7(5)8(12-13-9)11-4-10-6/h1-3,10H,4H2,(H,11,12)(H,13,14). The van der Waals surface area contributed by atoms with Crippen LogP contribution in [0.2, 0.25) is 0 Å². The number of nitrogens with one attached hydrogen (secondary N) is 3. The SMILES string of the molecule is O=c1[nH]nc2c3c(cccc13)NCN2. The van der Waals surface area contributed by atoms with Crippen LogP contribution in [-0.2, 0) is 0 Å². The van der Waals surface area contributed by atoms with E-state index in [1.165, 1.54) is 0 Å². The van der Waals surface area contributed by atoms with Crippen molar-refractivity contribution in [2.45, 2.75) is 0 Å². The molecule has 0 amide bonds. The van der Waals surface area contributed by atoms with Crippen molar-refractivity contribution in [1.29, 1.82) is 0 Å². The van der Waals surface area contributed by atoms with Crippen molar-refractivity contribution in [3.63, 3.8) is 0 Å². The maximum Gasteiger partial charge on any atom is 0.272 e. The molecule has 3 N–H and O–H groups in total. The third-order valence-corrected chi connectivity index (χ3v) is 2.35. The molecule has 1 aromatic carbocycles. The van der Waals surface area contributed by atoms with Gasteiger partial charge in [-0.15, -0.1) is 0 Å². The first-order valence-corrected chi connectivity index (χ1v) is 4.35. The van der Waals surface area contributed by atoms with Gasteiger partial charge in [-0.05, 0) is 12.1 Å². The molecular weight excluding hydrogens is 180 g/mol. The quantitative estimate of drug-likeness (QED) is 0.569. The Bertz CT molecular complexity index is 550. The molecule has 5 nitrogen and oxygen atoms in total. The van der Waals surface area contributed by atoms with Gasteiger partial charge >= 0.3 is 0 Å². The summed E-state index contributed by atoms with van der Waals surface area (Å²) in [5.74, 6) is 0.731. The number of anilines is 2. The first kappa shape index (κ1) is 7.37. The van der Waals surface area contributed by atoms with Crippen molar-refractivity contribution in [3.05, 3.63) is 28.6 Å². The molecule has 70 valence electrons. The summed E-state index contributed by atoms with van der Waals surface area (Å²) in [5, 5.41) is 14.1. The number of rotatable bonds is 0. The van der Waals surface area contributed by atoms with Crippen LogP contribution in [0.5, 0.6) is 0 Å². The van der Waals surface area contributed by atoms with Crippen molar-refractivity contribution in [2.24, 2.45) is 0 Å². The van der Waals surface area contributed by atoms with Crippen molar-refractivity contribution in [2.75, 3.05) is 17.3 Å². The van der Waals surface area contributed by atoms with E-state index in [9.17, 15) is 4.79 Å². The highest BCUT2D eigenvalue weighted by molar-refractivity contribution is 6.02. The highest BCUT2D eigenvalue weighted by atomic mass is 16.1. The summed E-state index contributed by atoms with van der Waals surface area (Å²) < 4.78 is 0. The molecule has 14 heavy (non-hydrogen) atoms. The fraction of sp³-hybridized carbons (Fsp3) is 0.111. The molecule has 0 saturated heterocycles. The van der Waals surface area contributed by atoms with Crippen LogP contribution < -0.4 is 16.2 Å². The number of nitrogens with zero attached hydrogens (tertiary/aromatic N) is 1. The Hall–Kier alpha value is -2.04. The normalized spacial score (nSPS) is 13.4. The lowest BCUT2D eigenvalue weighted by Crippen LogP contribution is -2.21. The first-order valence-electron chi connectivity index (χ1n) is 4.35. The predicted molar refractivity (Wildman–Crippen MR) is 54.5 cm³/mol. The maximum absolute atomic E-state index is 11.4. The van der Waals surface area contributed by atoms with Crippen LogP contribution in [-0.4, -0.2) is 16.9 Å². The van der Waals surface area contributed by atoms with Gasteiger partial charge < -0.3 is 10.6 Å². The fourth-order valence-electron chi connectivity index (χ4n) is 1.72. The second kappa shape index (κ2) is 2.47. The Kier molecular flexibility index (Phi) is 1.30. The third-order valence-electron chi connectivity index (χ3n) is 2.35. The van der Waals surface area contributed by atoms with E-state index < -0.39 is 0 Å². The molecule has 0 fully saturated rings. The minimum atomic E-state index is -0.156. The fourth-order valence-corrected chi connectivity index (χ4v) is 1.72. The molecule has 0 spiro atoms. The van der Waals surface area contributed by atoms with Gasteiger partial charge in [0.1, 0.15) is 0 Å². The molecule has 0 saturated carbocycles. The molecule has 0 atom stereocenters. The first-order chi connectivity index (χ1) is 6.86. The number of hydrogen-bond donors (Lipinski definition) is 3. The van der Waals surface area contributed by atoms with Gasteiger partial charge in [0.05, 0.1) is 17.4 Å². The molecule has 1 aliphatic rings. The summed E-state index contributed by atoms with van der Waals surface area (Å²) in [6, 6.07) is 5.58. The van der Waals surface area contributed by atoms with Crippen LogP contribution in [0.15, 0.2) is 23.0 Å². The molecule has 0 radical (unpaired) electrons. The lowest BCUT2D eigenvalue weighted by atomic mass is 10.1. The zero-order valence-corrected chi connectivity index (χ0v) is 7.29. The van der Waals surface area contributed by atoms with E-state index in [1.807, 2.05) is 12.1 Å². The molecular formula is C9H8N4O. The average Bonchev–Trinajstić information content (AvgIpc) is 2.24. The zero-order chi connectivity index (χ0) is 9.54. The number of hydrogen-bond acceptors (Lipinski definition) is 4. The largest absolute Gasteiger partial charge is 0.367 e. The summed E-state index contributed by atoms with van der Waals surface area (Å²) >= 11 is 0. The summed E-state index contributed by atoms with van der Waals surface area (Å²) in [6.07, 6.45) is 0. The molecule has 1 aromatic heterocycles. The van der Waals surface area contributed by atoms with Crippen LogP contribution >= 0.6 is 0 Å². The van der Waals surface area contributed by atoms with E-state index in [2.05, 4.69) is 20.8 Å². The molecule has 0 unspecified atom stereocenters. The summed E-state index contributed by atoms with van der Waals surface area (Å²) in [5.41, 5.74) is 0.797. The maximum atomic E-state index is 11.4. The van der Waals surface area contributed by atoms with E-state index in [4.69, 9.17) is 0 Å². The van der Waals surface area contributed by atoms with Crippen molar-refractivity contribution >= 4 is 22.3 Å². The second-order valence-electron chi connectivity index (χ2n) is 3.16. The Morgan fingerprint density at radius 2 is 2.21 bits per heavy atom. The summed E-state index contributed by atoms with van der Waals surface area (Å²) in [6.45, 7) is 0.630. The van der Waals surface area contributed by atoms with E-state index in [0.29, 0.717) is 12.1 Å². The van der Waals surface area contributed by atoms with Gasteiger partial charge in [-0.1, -0.05) is 6.07 Å². The molecule has 2 heterocycles. The van der Waals surface area contributed by atoms with E-state index in [-0.39, 0.29) is 5.56 Å². The van der Waals surface area contributed by atoms with Crippen molar-refractivity contribution in [1.82, 2.24) is 10.2 Å². The van der Waals surface area contributed by atoms with Crippen LogP contribution in [0, 0.1) is 0 Å². The Morgan fingerprint density at radius 1 is 1.29 bits per heavy atom. The number of H-pyrrole nitrogens is 1. The summed E-state index contributed by atoms with van der Waals surface area (Å²) in [7, 11) is 0. The smallest absolute Gasteiger partial charge is 0.272 e. The number of benzene rings is 1. The van der Waals surface area contributed by atoms with Gasteiger partial charge in [0.2, 0.25) is 0 Å². The van der Waals surface area contributed by atoms with Crippen LogP contribution in [0.1, 0.15) is 0 Å². The number of aromatic amines is 1. The number of aromatic nitrogens is 2. The van der Waals surface area contributed by atoms with Gasteiger partial charge in [0, 0.05) is 5.69 Å². The third kappa shape index (κ3) is 0.834. The van der Waals surface area contributed by atoms with E-state index >= 15 is 0 Å². The highest BCUT2D eigenvalue weighted by Crippen LogP contribution is 2.28.